The van der Waals surface area contributed by atoms with Crippen molar-refractivity contribution in [3.8, 4) is 0 Å². The molecule has 4 N–H and O–H groups in total. The number of carbonyl (C=O) groups is 1. The Labute approximate surface area is 163 Å². The molecule has 0 spiro atoms. The first-order valence-corrected chi connectivity index (χ1v) is 9.49. The summed E-state index contributed by atoms with van der Waals surface area (Å²) in [6.07, 6.45) is 2.83. The molecule has 4 rings (SSSR count). The fourth-order valence-electron chi connectivity index (χ4n) is 4.63. The molecule has 1 saturated heterocycles. The standard InChI is InChI=1S/C21H25N3O4/c1-21(27)10-15-17(19(25)24-23-15)16(14-8-5-9-22-11-14)18(21)20(26)28-12-13-6-3-2-4-7-13/h2-9,11,15-19,23-25,27H,10,12H2,1H3. The molecule has 7 nitrogen and oxygen atoms in total. The minimum absolute atomic E-state index is 0.138. The van der Waals surface area contributed by atoms with Gasteiger partial charge in [-0.05, 0) is 30.5 Å². The number of aliphatic hydroxyl groups excluding tert-OH is 1. The van der Waals surface area contributed by atoms with Crippen LogP contribution in [0.1, 0.15) is 30.4 Å². The summed E-state index contributed by atoms with van der Waals surface area (Å²) in [6, 6.07) is 12.9. The normalized spacial score (nSPS) is 34.6. The van der Waals surface area contributed by atoms with Crippen molar-refractivity contribution in [2.75, 3.05) is 0 Å². The van der Waals surface area contributed by atoms with E-state index in [4.69, 9.17) is 4.74 Å². The third kappa shape index (κ3) is 3.54. The number of ether oxygens (including phenoxy) is 1. The van der Waals surface area contributed by atoms with Crippen LogP contribution in [0.2, 0.25) is 0 Å². The fraction of sp³-hybridized carbons (Fsp3) is 0.429. The highest BCUT2D eigenvalue weighted by Gasteiger charge is 2.58. The second-order valence-corrected chi connectivity index (χ2v) is 7.86. The maximum Gasteiger partial charge on any atom is 0.312 e. The Bertz CT molecular complexity index is 815. The first kappa shape index (κ1) is 19.0. The summed E-state index contributed by atoms with van der Waals surface area (Å²) in [7, 11) is 0. The van der Waals surface area contributed by atoms with E-state index in [0.29, 0.717) is 6.42 Å². The van der Waals surface area contributed by atoms with Gasteiger partial charge in [0, 0.05) is 30.3 Å². The van der Waals surface area contributed by atoms with Gasteiger partial charge in [0.05, 0.1) is 11.5 Å². The van der Waals surface area contributed by atoms with E-state index >= 15 is 0 Å². The van der Waals surface area contributed by atoms with Crippen LogP contribution in [0.3, 0.4) is 0 Å². The lowest BCUT2D eigenvalue weighted by Crippen LogP contribution is -2.56. The Balaban J connectivity index is 1.65. The predicted molar refractivity (Wildman–Crippen MR) is 102 cm³/mol. The second-order valence-electron chi connectivity index (χ2n) is 7.86. The number of aromatic nitrogens is 1. The first-order chi connectivity index (χ1) is 13.5. The Morgan fingerprint density at radius 1 is 1.25 bits per heavy atom. The smallest absolute Gasteiger partial charge is 0.312 e. The van der Waals surface area contributed by atoms with Gasteiger partial charge in [-0.2, -0.15) is 0 Å². The Morgan fingerprint density at radius 3 is 2.75 bits per heavy atom. The molecule has 1 saturated carbocycles. The summed E-state index contributed by atoms with van der Waals surface area (Å²) >= 11 is 0. The third-order valence-corrected chi connectivity index (χ3v) is 5.87. The molecule has 1 aliphatic heterocycles. The Hall–Kier alpha value is -2.32. The molecule has 2 aromatic rings. The lowest BCUT2D eigenvalue weighted by Gasteiger charge is -2.47. The van der Waals surface area contributed by atoms with E-state index in [-0.39, 0.29) is 18.6 Å². The molecule has 28 heavy (non-hydrogen) atoms. The molecule has 0 amide bonds. The van der Waals surface area contributed by atoms with E-state index in [1.54, 1.807) is 25.4 Å². The van der Waals surface area contributed by atoms with E-state index in [1.807, 2.05) is 36.4 Å². The van der Waals surface area contributed by atoms with Gasteiger partial charge in [-0.25, -0.2) is 5.43 Å². The van der Waals surface area contributed by atoms with Gasteiger partial charge >= 0.3 is 5.97 Å². The van der Waals surface area contributed by atoms with E-state index in [0.717, 1.165) is 11.1 Å². The van der Waals surface area contributed by atoms with Gasteiger partial charge in [0.15, 0.2) is 0 Å². The van der Waals surface area contributed by atoms with Gasteiger partial charge in [-0.15, -0.1) is 0 Å². The zero-order chi connectivity index (χ0) is 19.7. The molecule has 2 heterocycles. The molecule has 7 heteroatoms. The number of carbonyl (C=O) groups excluding carboxylic acids is 1. The number of hydrogen-bond donors (Lipinski definition) is 4. The lowest BCUT2D eigenvalue weighted by atomic mass is 9.60. The molecule has 6 unspecified atom stereocenters. The van der Waals surface area contributed by atoms with Crippen molar-refractivity contribution in [3.63, 3.8) is 0 Å². The topological polar surface area (TPSA) is 104 Å². The Morgan fingerprint density at radius 2 is 2.04 bits per heavy atom. The number of fused-ring (bicyclic) bond motifs is 1. The quantitative estimate of drug-likeness (QED) is 0.586. The molecule has 1 aliphatic carbocycles. The van der Waals surface area contributed by atoms with Crippen LogP contribution in [0.25, 0.3) is 0 Å². The van der Waals surface area contributed by atoms with Gasteiger partial charge < -0.3 is 14.9 Å². The summed E-state index contributed by atoms with van der Waals surface area (Å²) in [5.41, 5.74) is 6.27. The maximum atomic E-state index is 13.1. The van der Waals surface area contributed by atoms with E-state index < -0.39 is 29.6 Å². The number of hydrogen-bond acceptors (Lipinski definition) is 7. The molecule has 1 aromatic carbocycles. The van der Waals surface area contributed by atoms with E-state index in [9.17, 15) is 15.0 Å². The monoisotopic (exact) mass is 383 g/mol. The summed E-state index contributed by atoms with van der Waals surface area (Å²) < 4.78 is 5.60. The molecule has 1 aromatic heterocycles. The number of hydrazine groups is 1. The van der Waals surface area contributed by atoms with Crippen LogP contribution >= 0.6 is 0 Å². The lowest BCUT2D eigenvalue weighted by molar-refractivity contribution is -0.168. The number of esters is 1. The average Bonchev–Trinajstić information content (AvgIpc) is 3.05. The van der Waals surface area contributed by atoms with Crippen LogP contribution in [0, 0.1) is 11.8 Å². The van der Waals surface area contributed by atoms with Gasteiger partial charge in [0.2, 0.25) is 0 Å². The minimum atomic E-state index is -1.30. The van der Waals surface area contributed by atoms with E-state index in [2.05, 4.69) is 15.8 Å². The molecule has 6 atom stereocenters. The molecular weight excluding hydrogens is 358 g/mol. The summed E-state index contributed by atoms with van der Waals surface area (Å²) in [5.74, 6) is -2.03. The molecule has 0 bridgehead atoms. The second kappa shape index (κ2) is 7.60. The molecule has 2 fully saturated rings. The molecular formula is C21H25N3O4. The van der Waals surface area contributed by atoms with Crippen molar-refractivity contribution < 1.29 is 19.7 Å². The van der Waals surface area contributed by atoms with Crippen LogP contribution in [0.15, 0.2) is 54.9 Å². The highest BCUT2D eigenvalue weighted by molar-refractivity contribution is 5.75. The van der Waals surface area contributed by atoms with Crippen LogP contribution in [0.5, 0.6) is 0 Å². The van der Waals surface area contributed by atoms with Gasteiger partial charge in [-0.3, -0.25) is 15.2 Å². The van der Waals surface area contributed by atoms with Crippen molar-refractivity contribution in [3.05, 3.63) is 66.0 Å². The minimum Gasteiger partial charge on any atom is -0.461 e. The number of pyridine rings is 1. The third-order valence-electron chi connectivity index (χ3n) is 5.87. The van der Waals surface area contributed by atoms with Crippen molar-refractivity contribution in [1.29, 1.82) is 0 Å². The van der Waals surface area contributed by atoms with Crippen molar-refractivity contribution >= 4 is 5.97 Å². The highest BCUT2D eigenvalue weighted by Crippen LogP contribution is 2.49. The van der Waals surface area contributed by atoms with Gasteiger partial charge in [0.1, 0.15) is 12.8 Å². The number of nitrogens with zero attached hydrogens (tertiary/aromatic N) is 1. The number of nitrogens with one attached hydrogen (secondary N) is 2. The zero-order valence-corrected chi connectivity index (χ0v) is 15.7. The molecule has 148 valence electrons. The number of aliphatic hydroxyl groups is 2. The highest BCUT2D eigenvalue weighted by atomic mass is 16.5. The molecule has 0 radical (unpaired) electrons. The first-order valence-electron chi connectivity index (χ1n) is 9.49. The summed E-state index contributed by atoms with van der Waals surface area (Å²) in [6.45, 7) is 1.80. The van der Waals surface area contributed by atoms with Crippen LogP contribution < -0.4 is 10.9 Å². The van der Waals surface area contributed by atoms with Crippen LogP contribution in [0.4, 0.5) is 0 Å². The van der Waals surface area contributed by atoms with Crippen molar-refractivity contribution in [2.24, 2.45) is 11.8 Å². The predicted octanol–water partition coefficient (Wildman–Crippen LogP) is 1.09. The number of rotatable bonds is 4. The van der Waals surface area contributed by atoms with Crippen LogP contribution in [-0.2, 0) is 16.1 Å². The fourth-order valence-corrected chi connectivity index (χ4v) is 4.63. The summed E-state index contributed by atoms with van der Waals surface area (Å²) in [4.78, 5) is 17.3. The average molecular weight is 383 g/mol. The summed E-state index contributed by atoms with van der Waals surface area (Å²) in [5, 5.41) is 21.7. The SMILES string of the molecule is CC1(O)CC2NNC(O)C2C(c2cccnc2)C1C(=O)OCc1ccccc1. The Kier molecular flexibility index (Phi) is 5.16. The van der Waals surface area contributed by atoms with Gasteiger partial charge in [-0.1, -0.05) is 36.4 Å². The van der Waals surface area contributed by atoms with Crippen molar-refractivity contribution in [1.82, 2.24) is 15.8 Å². The van der Waals surface area contributed by atoms with Crippen LogP contribution in [-0.4, -0.2) is 39.0 Å². The largest absolute Gasteiger partial charge is 0.461 e. The molecule has 2 aliphatic rings. The maximum absolute atomic E-state index is 13.1. The zero-order valence-electron chi connectivity index (χ0n) is 15.7. The van der Waals surface area contributed by atoms with Gasteiger partial charge in [0.25, 0.3) is 0 Å². The van der Waals surface area contributed by atoms with Crippen molar-refractivity contribution in [2.45, 2.75) is 43.7 Å². The van der Waals surface area contributed by atoms with E-state index in [1.165, 1.54) is 0 Å². The number of benzene rings is 1.